The number of aliphatic imine (C=N–C) groups is 1. The van der Waals surface area contributed by atoms with Crippen molar-refractivity contribution < 1.29 is 13.2 Å². The predicted molar refractivity (Wildman–Crippen MR) is 62.8 cm³/mol. The number of allylic oxidation sites excluding steroid dienone is 4. The largest absolute Gasteiger partial charge is 0.396 e. The number of nitrogens with one attached hydrogen (secondary N) is 1. The van der Waals surface area contributed by atoms with E-state index < -0.39 is 12.6 Å². The van der Waals surface area contributed by atoms with Gasteiger partial charge in [0.05, 0.1) is 12.2 Å². The molecule has 0 fully saturated rings. The number of hydrogen-bond acceptors (Lipinski definition) is 2. The van der Waals surface area contributed by atoms with Gasteiger partial charge in [0.15, 0.2) is 0 Å². The Balaban J connectivity index is 2.71. The van der Waals surface area contributed by atoms with Gasteiger partial charge in [0, 0.05) is 0 Å². The predicted octanol–water partition coefficient (Wildman–Crippen LogP) is 3.35. The second-order valence-corrected chi connectivity index (χ2v) is 4.07. The fourth-order valence-electron chi connectivity index (χ4n) is 1.51. The van der Waals surface area contributed by atoms with Gasteiger partial charge in [-0.1, -0.05) is 18.2 Å². The van der Waals surface area contributed by atoms with E-state index in [0.29, 0.717) is 12.2 Å². The van der Waals surface area contributed by atoms with Crippen LogP contribution in [0, 0.1) is 0 Å². The summed E-state index contributed by atoms with van der Waals surface area (Å²) in [5.74, 6) is -0.0214. The smallest absolute Gasteiger partial charge is 0.368 e. The number of rotatable bonds is 3. The van der Waals surface area contributed by atoms with Crippen molar-refractivity contribution in [1.29, 1.82) is 0 Å². The average Bonchev–Trinajstić information content (AvgIpc) is 2.46. The molecular formula is C12H15F3N2. The van der Waals surface area contributed by atoms with Crippen LogP contribution in [0.15, 0.2) is 40.6 Å². The summed E-state index contributed by atoms with van der Waals surface area (Å²) in [5.41, 5.74) is 2.43. The second kappa shape index (κ2) is 5.21. The third-order valence-electron chi connectivity index (χ3n) is 1.99. The number of amidine groups is 1. The molecule has 0 atom stereocenters. The molecule has 0 saturated carbocycles. The van der Waals surface area contributed by atoms with E-state index in [1.165, 1.54) is 0 Å². The van der Waals surface area contributed by atoms with Crippen LogP contribution in [0.1, 0.15) is 20.3 Å². The molecule has 0 bridgehead atoms. The number of hydrogen-bond donors (Lipinski definition) is 1. The zero-order chi connectivity index (χ0) is 13.1. The molecule has 1 aliphatic rings. The van der Waals surface area contributed by atoms with E-state index in [0.717, 1.165) is 11.1 Å². The Kier molecular flexibility index (Phi) is 4.15. The van der Waals surface area contributed by atoms with Gasteiger partial charge >= 0.3 is 6.18 Å². The van der Waals surface area contributed by atoms with E-state index in [2.05, 4.69) is 16.9 Å². The maximum absolute atomic E-state index is 12.1. The van der Waals surface area contributed by atoms with Gasteiger partial charge in [0.2, 0.25) is 0 Å². The Morgan fingerprint density at radius 1 is 1.47 bits per heavy atom. The molecule has 0 spiro atoms. The Morgan fingerprint density at radius 3 is 2.65 bits per heavy atom. The Morgan fingerprint density at radius 2 is 2.12 bits per heavy atom. The number of alkyl halides is 3. The van der Waals surface area contributed by atoms with Gasteiger partial charge in [-0.05, 0) is 25.5 Å². The SMILES string of the molecule is C=C(C)/C=C(C)\C=C1/CNC(CC(F)(F)F)=N1. The highest BCUT2D eigenvalue weighted by atomic mass is 19.4. The van der Waals surface area contributed by atoms with Crippen LogP contribution in [0.25, 0.3) is 0 Å². The molecule has 0 aliphatic carbocycles. The van der Waals surface area contributed by atoms with Crippen LogP contribution in [-0.2, 0) is 0 Å². The highest BCUT2D eigenvalue weighted by molar-refractivity contribution is 5.86. The molecule has 0 aromatic carbocycles. The van der Waals surface area contributed by atoms with Crippen molar-refractivity contribution in [3.8, 4) is 0 Å². The highest BCUT2D eigenvalue weighted by Gasteiger charge is 2.31. The lowest BCUT2D eigenvalue weighted by Gasteiger charge is -2.04. The molecule has 1 rings (SSSR count). The summed E-state index contributed by atoms with van der Waals surface area (Å²) in [7, 11) is 0. The molecule has 1 N–H and O–H groups in total. The van der Waals surface area contributed by atoms with Crippen LogP contribution in [0.3, 0.4) is 0 Å². The van der Waals surface area contributed by atoms with E-state index in [9.17, 15) is 13.2 Å². The Bertz CT molecular complexity index is 400. The first kappa shape index (κ1) is 13.5. The van der Waals surface area contributed by atoms with Gasteiger partial charge in [-0.15, -0.1) is 0 Å². The number of halogens is 3. The van der Waals surface area contributed by atoms with Crippen molar-refractivity contribution in [2.45, 2.75) is 26.4 Å². The van der Waals surface area contributed by atoms with Crippen molar-refractivity contribution in [2.24, 2.45) is 4.99 Å². The summed E-state index contributed by atoms with van der Waals surface area (Å²) in [6.45, 7) is 7.78. The summed E-state index contributed by atoms with van der Waals surface area (Å²) < 4.78 is 36.3. The molecule has 0 radical (unpaired) electrons. The molecule has 2 nitrogen and oxygen atoms in total. The Labute approximate surface area is 98.6 Å². The number of nitrogens with zero attached hydrogens (tertiary/aromatic N) is 1. The van der Waals surface area contributed by atoms with Crippen molar-refractivity contribution in [2.75, 3.05) is 6.54 Å². The zero-order valence-corrected chi connectivity index (χ0v) is 9.86. The molecule has 1 heterocycles. The van der Waals surface area contributed by atoms with Gasteiger partial charge < -0.3 is 5.32 Å². The van der Waals surface area contributed by atoms with Crippen LogP contribution in [0.4, 0.5) is 13.2 Å². The minimum absolute atomic E-state index is 0.0214. The van der Waals surface area contributed by atoms with E-state index in [1.807, 2.05) is 19.9 Å². The first-order valence-corrected chi connectivity index (χ1v) is 5.19. The lowest BCUT2D eigenvalue weighted by atomic mass is 10.2. The minimum Gasteiger partial charge on any atom is -0.368 e. The zero-order valence-electron chi connectivity index (χ0n) is 9.86. The van der Waals surface area contributed by atoms with Crippen LogP contribution in [-0.4, -0.2) is 18.6 Å². The van der Waals surface area contributed by atoms with E-state index in [1.54, 1.807) is 6.08 Å². The van der Waals surface area contributed by atoms with E-state index >= 15 is 0 Å². The standard InChI is InChI=1S/C12H15F3N2/c1-8(2)4-9(3)5-10-7-16-11(17-10)6-12(13,14)15/h4-5H,1,6-7H2,2-3H3,(H,16,17)/b9-4-,10-5+. The van der Waals surface area contributed by atoms with E-state index in [-0.39, 0.29) is 5.84 Å². The summed E-state index contributed by atoms with van der Waals surface area (Å²) >= 11 is 0. The van der Waals surface area contributed by atoms with Crippen molar-refractivity contribution >= 4 is 5.84 Å². The summed E-state index contributed by atoms with van der Waals surface area (Å²) in [6, 6.07) is 0. The lowest BCUT2D eigenvalue weighted by Crippen LogP contribution is -2.24. The third-order valence-corrected chi connectivity index (χ3v) is 1.99. The fraction of sp³-hybridized carbons (Fsp3) is 0.417. The molecule has 17 heavy (non-hydrogen) atoms. The maximum Gasteiger partial charge on any atom is 0.396 e. The van der Waals surface area contributed by atoms with Crippen LogP contribution < -0.4 is 5.32 Å². The second-order valence-electron chi connectivity index (χ2n) is 4.07. The van der Waals surface area contributed by atoms with Gasteiger partial charge in [-0.3, -0.25) is 0 Å². The molecule has 0 aromatic heterocycles. The van der Waals surface area contributed by atoms with Crippen LogP contribution in [0.5, 0.6) is 0 Å². The van der Waals surface area contributed by atoms with Crippen molar-refractivity contribution in [3.63, 3.8) is 0 Å². The molecule has 0 amide bonds. The van der Waals surface area contributed by atoms with Crippen molar-refractivity contribution in [1.82, 2.24) is 5.32 Å². The van der Waals surface area contributed by atoms with E-state index in [4.69, 9.17) is 0 Å². The lowest BCUT2D eigenvalue weighted by molar-refractivity contribution is -0.121. The van der Waals surface area contributed by atoms with Gasteiger partial charge in [0.1, 0.15) is 12.3 Å². The quantitative estimate of drug-likeness (QED) is 0.756. The third kappa shape index (κ3) is 5.38. The molecule has 0 unspecified atom stereocenters. The highest BCUT2D eigenvalue weighted by Crippen LogP contribution is 2.21. The van der Waals surface area contributed by atoms with Crippen molar-refractivity contribution in [3.05, 3.63) is 35.6 Å². The van der Waals surface area contributed by atoms with Crippen LogP contribution in [0.2, 0.25) is 0 Å². The molecular weight excluding hydrogens is 229 g/mol. The normalized spacial score (nSPS) is 19.2. The topological polar surface area (TPSA) is 24.4 Å². The van der Waals surface area contributed by atoms with Gasteiger partial charge in [-0.2, -0.15) is 13.2 Å². The summed E-state index contributed by atoms with van der Waals surface area (Å²) in [4.78, 5) is 3.90. The molecule has 0 saturated heterocycles. The van der Waals surface area contributed by atoms with Gasteiger partial charge in [0.25, 0.3) is 0 Å². The monoisotopic (exact) mass is 244 g/mol. The fourth-order valence-corrected chi connectivity index (χ4v) is 1.51. The minimum atomic E-state index is -4.22. The first-order valence-electron chi connectivity index (χ1n) is 5.19. The molecule has 1 aliphatic heterocycles. The Hall–Kier alpha value is -1.52. The summed E-state index contributed by atoms with van der Waals surface area (Å²) in [6.07, 6.45) is -1.62. The summed E-state index contributed by atoms with van der Waals surface area (Å²) in [5, 5.41) is 2.63. The average molecular weight is 244 g/mol. The first-order chi connectivity index (χ1) is 7.76. The molecule has 0 aromatic rings. The molecule has 94 valence electrons. The maximum atomic E-state index is 12.1. The molecule has 5 heteroatoms. The van der Waals surface area contributed by atoms with Gasteiger partial charge in [-0.25, -0.2) is 4.99 Å². The van der Waals surface area contributed by atoms with Crippen LogP contribution >= 0.6 is 0 Å².